The standard InChI is InChI=1S/C22H32N2O6/c1-21(2)29-18-17(25)16(28-19(18)30-21)13-24-11-9-22(3,10-12-24)23-20(26)27-14-15-7-5-4-6-8-15/h4-8,16-19,25H,9-14H2,1-3H3,(H,23,26)/t16-,17-,18-,19-/m1/s1. The number of carbonyl (C=O) groups is 1. The molecule has 1 aromatic carbocycles. The minimum absolute atomic E-state index is 0.259. The molecular weight excluding hydrogens is 388 g/mol. The maximum atomic E-state index is 12.2. The predicted octanol–water partition coefficient (Wildman–Crippen LogP) is 2.00. The summed E-state index contributed by atoms with van der Waals surface area (Å²) < 4.78 is 22.7. The number of ether oxygens (including phenoxy) is 4. The number of hydrogen-bond acceptors (Lipinski definition) is 7. The molecule has 1 aromatic rings. The maximum absolute atomic E-state index is 12.2. The highest BCUT2D eigenvalue weighted by molar-refractivity contribution is 5.68. The summed E-state index contributed by atoms with van der Waals surface area (Å²) >= 11 is 0. The summed E-state index contributed by atoms with van der Waals surface area (Å²) in [7, 11) is 0. The monoisotopic (exact) mass is 420 g/mol. The van der Waals surface area contributed by atoms with Crippen molar-refractivity contribution in [3.63, 3.8) is 0 Å². The Bertz CT molecular complexity index is 734. The Morgan fingerprint density at radius 3 is 2.57 bits per heavy atom. The lowest BCUT2D eigenvalue weighted by atomic mass is 9.89. The topological polar surface area (TPSA) is 89.5 Å². The summed E-state index contributed by atoms with van der Waals surface area (Å²) in [6.07, 6.45) is -0.821. The summed E-state index contributed by atoms with van der Waals surface area (Å²) in [5.74, 6) is -0.727. The first-order chi connectivity index (χ1) is 14.2. The molecule has 0 spiro atoms. The fraction of sp³-hybridized carbons (Fsp3) is 0.682. The first-order valence-electron chi connectivity index (χ1n) is 10.6. The summed E-state index contributed by atoms with van der Waals surface area (Å²) in [6.45, 7) is 8.14. The first kappa shape index (κ1) is 21.5. The van der Waals surface area contributed by atoms with Gasteiger partial charge in [0.25, 0.3) is 0 Å². The van der Waals surface area contributed by atoms with Crippen LogP contribution in [0, 0.1) is 0 Å². The number of carbonyl (C=O) groups excluding carboxylic acids is 1. The van der Waals surface area contributed by atoms with Crippen LogP contribution in [0.15, 0.2) is 30.3 Å². The van der Waals surface area contributed by atoms with E-state index < -0.39 is 30.4 Å². The number of alkyl carbamates (subject to hydrolysis) is 1. The third kappa shape index (κ3) is 4.95. The second-order valence-electron chi connectivity index (χ2n) is 9.18. The van der Waals surface area contributed by atoms with Gasteiger partial charge in [0, 0.05) is 25.2 Å². The molecular formula is C22H32N2O6. The Morgan fingerprint density at radius 2 is 1.90 bits per heavy atom. The van der Waals surface area contributed by atoms with Crippen LogP contribution in [0.4, 0.5) is 4.79 Å². The number of nitrogens with one attached hydrogen (secondary N) is 1. The largest absolute Gasteiger partial charge is 0.445 e. The van der Waals surface area contributed by atoms with Crippen LogP contribution in [-0.4, -0.2) is 71.7 Å². The number of aliphatic hydroxyl groups is 1. The number of aliphatic hydroxyl groups excluding tert-OH is 1. The van der Waals surface area contributed by atoms with Crippen molar-refractivity contribution >= 4 is 6.09 Å². The molecule has 1 amide bonds. The van der Waals surface area contributed by atoms with Gasteiger partial charge in [0.2, 0.25) is 0 Å². The SMILES string of the molecule is CC1(NC(=O)OCc2ccccc2)CCN(C[C@H]2O[C@@H]3OC(C)(C)O[C@@H]3[C@@H]2O)CC1. The number of amides is 1. The van der Waals surface area contributed by atoms with Crippen LogP contribution < -0.4 is 5.32 Å². The third-order valence-corrected chi connectivity index (χ3v) is 6.13. The van der Waals surface area contributed by atoms with Gasteiger partial charge < -0.3 is 34.3 Å². The van der Waals surface area contributed by atoms with Crippen molar-refractivity contribution < 1.29 is 28.8 Å². The van der Waals surface area contributed by atoms with Gasteiger partial charge in [0.05, 0.1) is 0 Å². The lowest BCUT2D eigenvalue weighted by Gasteiger charge is -2.40. The van der Waals surface area contributed by atoms with Crippen molar-refractivity contribution in [2.75, 3.05) is 19.6 Å². The summed E-state index contributed by atoms with van der Waals surface area (Å²) in [6, 6.07) is 9.63. The number of rotatable bonds is 5. The summed E-state index contributed by atoms with van der Waals surface area (Å²) in [4.78, 5) is 14.5. The molecule has 0 aromatic heterocycles. The average Bonchev–Trinajstić information content (AvgIpc) is 3.15. The normalized spacial score (nSPS) is 32.5. The van der Waals surface area contributed by atoms with Crippen LogP contribution >= 0.6 is 0 Å². The van der Waals surface area contributed by atoms with Gasteiger partial charge in [-0.15, -0.1) is 0 Å². The maximum Gasteiger partial charge on any atom is 0.407 e. The Hall–Kier alpha value is -1.71. The van der Waals surface area contributed by atoms with Gasteiger partial charge in [-0.2, -0.15) is 0 Å². The number of piperidine rings is 1. The minimum Gasteiger partial charge on any atom is -0.445 e. The molecule has 30 heavy (non-hydrogen) atoms. The van der Waals surface area contributed by atoms with Crippen molar-refractivity contribution in [1.82, 2.24) is 10.2 Å². The molecule has 166 valence electrons. The Kier molecular flexibility index (Phi) is 6.05. The van der Waals surface area contributed by atoms with Crippen molar-refractivity contribution in [2.24, 2.45) is 0 Å². The van der Waals surface area contributed by atoms with Crippen LogP contribution in [0.25, 0.3) is 0 Å². The molecule has 0 unspecified atom stereocenters. The molecule has 8 heteroatoms. The molecule has 3 fully saturated rings. The molecule has 0 radical (unpaired) electrons. The number of benzene rings is 1. The van der Waals surface area contributed by atoms with E-state index in [2.05, 4.69) is 10.2 Å². The highest BCUT2D eigenvalue weighted by atomic mass is 16.8. The Morgan fingerprint density at radius 1 is 1.20 bits per heavy atom. The highest BCUT2D eigenvalue weighted by Crippen LogP contribution is 2.37. The number of nitrogens with zero attached hydrogens (tertiary/aromatic N) is 1. The quantitative estimate of drug-likeness (QED) is 0.753. The highest BCUT2D eigenvalue weighted by Gasteiger charge is 2.54. The fourth-order valence-electron chi connectivity index (χ4n) is 4.32. The van der Waals surface area contributed by atoms with Crippen LogP contribution in [0.3, 0.4) is 0 Å². The third-order valence-electron chi connectivity index (χ3n) is 6.13. The van der Waals surface area contributed by atoms with Crippen LogP contribution in [0.2, 0.25) is 0 Å². The van der Waals surface area contributed by atoms with Crippen LogP contribution in [0.1, 0.15) is 39.2 Å². The van der Waals surface area contributed by atoms with E-state index in [4.69, 9.17) is 18.9 Å². The second-order valence-corrected chi connectivity index (χ2v) is 9.18. The van der Waals surface area contributed by atoms with E-state index in [0.29, 0.717) is 6.54 Å². The second kappa shape index (κ2) is 8.43. The van der Waals surface area contributed by atoms with Gasteiger partial charge in [0.1, 0.15) is 24.9 Å². The van der Waals surface area contributed by atoms with E-state index in [9.17, 15) is 9.90 Å². The molecule has 2 N–H and O–H groups in total. The zero-order chi connectivity index (χ0) is 21.4. The van der Waals surface area contributed by atoms with E-state index in [1.165, 1.54) is 0 Å². The van der Waals surface area contributed by atoms with Crippen LogP contribution in [-0.2, 0) is 25.6 Å². The van der Waals surface area contributed by atoms with Crippen molar-refractivity contribution in [3.05, 3.63) is 35.9 Å². The van der Waals surface area contributed by atoms with E-state index in [-0.39, 0.29) is 18.2 Å². The zero-order valence-electron chi connectivity index (χ0n) is 17.9. The predicted molar refractivity (Wildman–Crippen MR) is 109 cm³/mol. The van der Waals surface area contributed by atoms with E-state index in [1.54, 1.807) is 0 Å². The van der Waals surface area contributed by atoms with Gasteiger partial charge in [-0.05, 0) is 39.2 Å². The van der Waals surface area contributed by atoms with Crippen molar-refractivity contribution in [2.45, 2.75) is 76.1 Å². The van der Waals surface area contributed by atoms with Gasteiger partial charge in [-0.3, -0.25) is 0 Å². The average molecular weight is 421 g/mol. The number of likely N-dealkylation sites (tertiary alicyclic amines) is 1. The van der Waals surface area contributed by atoms with E-state index in [0.717, 1.165) is 31.5 Å². The number of hydrogen-bond donors (Lipinski definition) is 2. The lowest BCUT2D eigenvalue weighted by molar-refractivity contribution is -0.216. The molecule has 3 aliphatic heterocycles. The van der Waals surface area contributed by atoms with Gasteiger partial charge in [-0.1, -0.05) is 30.3 Å². The Balaban J connectivity index is 1.20. The van der Waals surface area contributed by atoms with E-state index in [1.807, 2.05) is 51.1 Å². The molecule has 0 bridgehead atoms. The fourth-order valence-corrected chi connectivity index (χ4v) is 4.32. The molecule has 3 heterocycles. The molecule has 3 saturated heterocycles. The molecule has 3 aliphatic rings. The van der Waals surface area contributed by atoms with Crippen LogP contribution in [0.5, 0.6) is 0 Å². The number of fused-ring (bicyclic) bond motifs is 1. The zero-order valence-corrected chi connectivity index (χ0v) is 17.9. The summed E-state index contributed by atoms with van der Waals surface area (Å²) in [5, 5.41) is 13.6. The minimum atomic E-state index is -0.727. The molecule has 8 nitrogen and oxygen atoms in total. The van der Waals surface area contributed by atoms with Gasteiger partial charge in [-0.25, -0.2) is 4.79 Å². The molecule has 4 atom stereocenters. The summed E-state index contributed by atoms with van der Waals surface area (Å²) in [5.41, 5.74) is 0.649. The van der Waals surface area contributed by atoms with Crippen molar-refractivity contribution in [3.8, 4) is 0 Å². The molecule has 0 aliphatic carbocycles. The molecule has 4 rings (SSSR count). The van der Waals surface area contributed by atoms with E-state index >= 15 is 0 Å². The van der Waals surface area contributed by atoms with Gasteiger partial charge in [0.15, 0.2) is 12.1 Å². The first-order valence-corrected chi connectivity index (χ1v) is 10.6. The molecule has 0 saturated carbocycles. The van der Waals surface area contributed by atoms with Crippen molar-refractivity contribution in [1.29, 1.82) is 0 Å². The van der Waals surface area contributed by atoms with Gasteiger partial charge >= 0.3 is 6.09 Å². The Labute approximate surface area is 177 Å². The lowest BCUT2D eigenvalue weighted by Crippen LogP contribution is -2.55. The smallest absolute Gasteiger partial charge is 0.407 e.